The summed E-state index contributed by atoms with van der Waals surface area (Å²) in [5, 5.41) is 0. The minimum absolute atomic E-state index is 0.198. The summed E-state index contributed by atoms with van der Waals surface area (Å²) in [5.41, 5.74) is 6.81. The molecule has 1 heterocycles. The van der Waals surface area contributed by atoms with Gasteiger partial charge in [0.2, 0.25) is 0 Å². The second kappa shape index (κ2) is 4.60. The largest absolute Gasteiger partial charge is 0.326 e. The summed E-state index contributed by atoms with van der Waals surface area (Å²) in [6.45, 7) is 2.68. The van der Waals surface area contributed by atoms with Gasteiger partial charge in [0.05, 0.1) is 4.47 Å². The van der Waals surface area contributed by atoms with Crippen LogP contribution in [0.4, 0.5) is 4.39 Å². The van der Waals surface area contributed by atoms with Crippen molar-refractivity contribution in [3.63, 3.8) is 0 Å². The highest BCUT2D eigenvalue weighted by Gasteiger charge is 2.19. The van der Waals surface area contributed by atoms with Crippen LogP contribution in [0.5, 0.6) is 0 Å². The molecule has 4 heteroatoms. The zero-order valence-electron chi connectivity index (χ0n) is 8.42. The smallest absolute Gasteiger partial charge is 0.137 e. The number of hydrogen-bond acceptors (Lipinski definition) is 2. The molecule has 0 amide bonds. The first-order valence-corrected chi connectivity index (χ1v) is 5.87. The van der Waals surface area contributed by atoms with Crippen LogP contribution >= 0.6 is 15.9 Å². The lowest BCUT2D eigenvalue weighted by molar-refractivity contribution is 0.325. The fourth-order valence-electron chi connectivity index (χ4n) is 1.92. The number of hydrogen-bond donors (Lipinski definition) is 1. The first-order chi connectivity index (χ1) is 7.16. The van der Waals surface area contributed by atoms with Crippen LogP contribution < -0.4 is 5.73 Å². The normalized spacial score (nSPS) is 22.2. The Morgan fingerprint density at radius 2 is 2.33 bits per heavy atom. The van der Waals surface area contributed by atoms with E-state index >= 15 is 0 Å². The molecule has 0 radical (unpaired) electrons. The van der Waals surface area contributed by atoms with Crippen LogP contribution in [0, 0.1) is 5.82 Å². The van der Waals surface area contributed by atoms with Crippen molar-refractivity contribution in [2.75, 3.05) is 13.1 Å². The van der Waals surface area contributed by atoms with E-state index in [4.69, 9.17) is 5.73 Å². The van der Waals surface area contributed by atoms with Gasteiger partial charge in [-0.05, 0) is 34.0 Å². The fourth-order valence-corrected chi connectivity index (χ4v) is 2.31. The van der Waals surface area contributed by atoms with E-state index in [9.17, 15) is 4.39 Å². The average Bonchev–Trinajstić information content (AvgIpc) is 2.59. The Morgan fingerprint density at radius 3 is 3.00 bits per heavy atom. The Balaban J connectivity index is 2.07. The molecule has 0 saturated carbocycles. The third-order valence-corrected chi connectivity index (χ3v) is 3.62. The summed E-state index contributed by atoms with van der Waals surface area (Å²) in [6.07, 6.45) is 1.03. The van der Waals surface area contributed by atoms with E-state index in [-0.39, 0.29) is 11.9 Å². The molecule has 2 N–H and O–H groups in total. The van der Waals surface area contributed by atoms with Gasteiger partial charge >= 0.3 is 0 Å². The molecule has 0 aromatic heterocycles. The Kier molecular flexibility index (Phi) is 3.38. The van der Waals surface area contributed by atoms with E-state index in [0.29, 0.717) is 4.47 Å². The summed E-state index contributed by atoms with van der Waals surface area (Å²) in [7, 11) is 0. The van der Waals surface area contributed by atoms with Crippen LogP contribution in [0.1, 0.15) is 12.0 Å². The number of benzene rings is 1. The zero-order valence-corrected chi connectivity index (χ0v) is 10.0. The van der Waals surface area contributed by atoms with Gasteiger partial charge in [0.1, 0.15) is 5.82 Å². The van der Waals surface area contributed by atoms with Gasteiger partial charge in [0.25, 0.3) is 0 Å². The summed E-state index contributed by atoms with van der Waals surface area (Å²) in [4.78, 5) is 2.25. The molecule has 0 unspecified atom stereocenters. The van der Waals surface area contributed by atoms with Crippen molar-refractivity contribution in [2.24, 2.45) is 5.73 Å². The first-order valence-electron chi connectivity index (χ1n) is 5.07. The van der Waals surface area contributed by atoms with Gasteiger partial charge in [-0.2, -0.15) is 0 Å². The van der Waals surface area contributed by atoms with Crippen molar-refractivity contribution >= 4 is 15.9 Å². The minimum atomic E-state index is -0.198. The molecule has 0 bridgehead atoms. The summed E-state index contributed by atoms with van der Waals surface area (Å²) < 4.78 is 13.8. The Bertz CT molecular complexity index is 356. The van der Waals surface area contributed by atoms with Gasteiger partial charge in [-0.25, -0.2) is 4.39 Å². The highest BCUT2D eigenvalue weighted by atomic mass is 79.9. The van der Waals surface area contributed by atoms with Crippen molar-refractivity contribution in [2.45, 2.75) is 19.0 Å². The maximum atomic E-state index is 13.2. The van der Waals surface area contributed by atoms with Gasteiger partial charge in [0.15, 0.2) is 0 Å². The number of nitrogens with zero attached hydrogens (tertiary/aromatic N) is 1. The zero-order chi connectivity index (χ0) is 10.8. The van der Waals surface area contributed by atoms with Gasteiger partial charge in [-0.3, -0.25) is 4.90 Å². The lowest BCUT2D eigenvalue weighted by atomic mass is 10.2. The molecule has 1 saturated heterocycles. The van der Waals surface area contributed by atoms with E-state index in [0.717, 1.165) is 31.6 Å². The molecule has 1 aromatic carbocycles. The minimum Gasteiger partial charge on any atom is -0.326 e. The molecular formula is C11H14BrFN2. The van der Waals surface area contributed by atoms with E-state index < -0.39 is 0 Å². The molecule has 82 valence electrons. The van der Waals surface area contributed by atoms with Crippen LogP contribution in [0.2, 0.25) is 0 Å². The maximum Gasteiger partial charge on any atom is 0.137 e. The molecular weight excluding hydrogens is 259 g/mol. The second-order valence-corrected chi connectivity index (χ2v) is 4.79. The molecule has 15 heavy (non-hydrogen) atoms. The Hall–Kier alpha value is -0.450. The van der Waals surface area contributed by atoms with Crippen LogP contribution in [0.15, 0.2) is 22.7 Å². The molecule has 2 rings (SSSR count). The van der Waals surface area contributed by atoms with Crippen molar-refractivity contribution < 1.29 is 4.39 Å². The topological polar surface area (TPSA) is 29.3 Å². The molecule has 2 nitrogen and oxygen atoms in total. The van der Waals surface area contributed by atoms with Gasteiger partial charge in [0, 0.05) is 25.7 Å². The predicted octanol–water partition coefficient (Wildman–Crippen LogP) is 2.12. The molecule has 1 aliphatic heterocycles. The van der Waals surface area contributed by atoms with Crippen LogP contribution in [0.25, 0.3) is 0 Å². The first kappa shape index (κ1) is 11.0. The summed E-state index contributed by atoms with van der Waals surface area (Å²) in [6, 6.07) is 5.42. The number of likely N-dealkylation sites (tertiary alicyclic amines) is 1. The number of nitrogens with two attached hydrogens (primary N) is 1. The SMILES string of the molecule is N[C@H]1CCN(Cc2cccc(F)c2Br)C1. The quantitative estimate of drug-likeness (QED) is 0.894. The van der Waals surface area contributed by atoms with Crippen molar-refractivity contribution in [3.8, 4) is 0 Å². The van der Waals surface area contributed by atoms with Gasteiger partial charge < -0.3 is 5.73 Å². The molecule has 1 fully saturated rings. The lowest BCUT2D eigenvalue weighted by Crippen LogP contribution is -2.26. The predicted molar refractivity (Wildman–Crippen MR) is 62.0 cm³/mol. The van der Waals surface area contributed by atoms with E-state index in [1.807, 2.05) is 6.07 Å². The number of rotatable bonds is 2. The van der Waals surface area contributed by atoms with Crippen LogP contribution in [-0.4, -0.2) is 24.0 Å². The fraction of sp³-hybridized carbons (Fsp3) is 0.455. The third-order valence-electron chi connectivity index (χ3n) is 2.73. The Labute approximate surface area is 97.4 Å². The number of halogens is 2. The lowest BCUT2D eigenvalue weighted by Gasteiger charge is -2.16. The van der Waals surface area contributed by atoms with Crippen molar-refractivity contribution in [1.29, 1.82) is 0 Å². The monoisotopic (exact) mass is 272 g/mol. The van der Waals surface area contributed by atoms with E-state index in [1.165, 1.54) is 6.07 Å². The molecule has 0 spiro atoms. The highest BCUT2D eigenvalue weighted by Crippen LogP contribution is 2.23. The highest BCUT2D eigenvalue weighted by molar-refractivity contribution is 9.10. The summed E-state index contributed by atoms with van der Waals surface area (Å²) in [5.74, 6) is -0.198. The average molecular weight is 273 g/mol. The van der Waals surface area contributed by atoms with E-state index in [2.05, 4.69) is 20.8 Å². The van der Waals surface area contributed by atoms with E-state index in [1.54, 1.807) is 6.07 Å². The van der Waals surface area contributed by atoms with Crippen molar-refractivity contribution in [1.82, 2.24) is 4.90 Å². The second-order valence-electron chi connectivity index (χ2n) is 4.00. The standard InChI is InChI=1S/C11H14BrFN2/c12-11-8(2-1-3-10(11)13)6-15-5-4-9(14)7-15/h1-3,9H,4-7,14H2/t9-/m0/s1. The molecule has 1 aliphatic rings. The summed E-state index contributed by atoms with van der Waals surface area (Å²) >= 11 is 3.27. The maximum absolute atomic E-state index is 13.2. The molecule has 0 aliphatic carbocycles. The van der Waals surface area contributed by atoms with Gasteiger partial charge in [-0.1, -0.05) is 12.1 Å². The van der Waals surface area contributed by atoms with Crippen LogP contribution in [-0.2, 0) is 6.54 Å². The van der Waals surface area contributed by atoms with Gasteiger partial charge in [-0.15, -0.1) is 0 Å². The van der Waals surface area contributed by atoms with Crippen molar-refractivity contribution in [3.05, 3.63) is 34.1 Å². The molecule has 1 atom stereocenters. The third kappa shape index (κ3) is 2.56. The Morgan fingerprint density at radius 1 is 1.53 bits per heavy atom. The molecule has 1 aromatic rings. The van der Waals surface area contributed by atoms with Crippen LogP contribution in [0.3, 0.4) is 0 Å².